The summed E-state index contributed by atoms with van der Waals surface area (Å²) >= 11 is 0. The lowest BCUT2D eigenvalue weighted by atomic mass is 10.1. The lowest BCUT2D eigenvalue weighted by Gasteiger charge is -2.18. The first kappa shape index (κ1) is 18.2. The van der Waals surface area contributed by atoms with Crippen LogP contribution >= 0.6 is 0 Å². The van der Waals surface area contributed by atoms with Crippen LogP contribution in [-0.2, 0) is 16.0 Å². The molecule has 0 saturated carbocycles. The van der Waals surface area contributed by atoms with Crippen molar-refractivity contribution in [3.8, 4) is 17.1 Å². The topological polar surface area (TPSA) is 96.2 Å². The van der Waals surface area contributed by atoms with Gasteiger partial charge in [0.1, 0.15) is 24.0 Å². The van der Waals surface area contributed by atoms with Crippen LogP contribution in [0.15, 0.2) is 48.7 Å². The van der Waals surface area contributed by atoms with E-state index < -0.39 is 0 Å². The minimum absolute atomic E-state index is 0.0499. The van der Waals surface area contributed by atoms with E-state index in [0.717, 1.165) is 17.0 Å². The van der Waals surface area contributed by atoms with Crippen LogP contribution < -0.4 is 10.1 Å². The van der Waals surface area contributed by atoms with Crippen molar-refractivity contribution in [3.05, 3.63) is 54.4 Å². The van der Waals surface area contributed by atoms with Gasteiger partial charge in [0, 0.05) is 18.3 Å². The zero-order valence-corrected chi connectivity index (χ0v) is 16.0. The molecular weight excluding hydrogens is 372 g/mol. The van der Waals surface area contributed by atoms with Crippen molar-refractivity contribution in [1.29, 1.82) is 0 Å². The average Bonchev–Trinajstić information content (AvgIpc) is 3.49. The highest BCUT2D eigenvalue weighted by atomic mass is 16.6. The Morgan fingerprint density at radius 2 is 2.07 bits per heavy atom. The second-order valence-electron chi connectivity index (χ2n) is 7.15. The minimum atomic E-state index is -0.107. The van der Waals surface area contributed by atoms with Crippen molar-refractivity contribution < 1.29 is 14.2 Å². The molecule has 2 fully saturated rings. The Morgan fingerprint density at radius 3 is 2.93 bits per heavy atom. The number of hydrogen-bond acceptors (Lipinski definition) is 8. The van der Waals surface area contributed by atoms with Crippen LogP contribution in [0.1, 0.15) is 11.7 Å². The number of aromatic nitrogens is 5. The molecule has 4 heterocycles. The fourth-order valence-corrected chi connectivity index (χ4v) is 3.97. The average molecular weight is 394 g/mol. The van der Waals surface area contributed by atoms with E-state index in [4.69, 9.17) is 14.2 Å². The molecule has 4 atom stereocenters. The Hall–Kier alpha value is -2.88. The van der Waals surface area contributed by atoms with E-state index in [-0.39, 0.29) is 24.3 Å². The van der Waals surface area contributed by atoms with E-state index in [1.807, 2.05) is 42.5 Å². The summed E-state index contributed by atoms with van der Waals surface area (Å²) in [5.41, 5.74) is 1.88. The molecule has 2 saturated heterocycles. The molecule has 5 rings (SSSR count). The van der Waals surface area contributed by atoms with Gasteiger partial charge in [0.15, 0.2) is 5.82 Å². The number of tetrazole rings is 1. The number of pyridine rings is 1. The summed E-state index contributed by atoms with van der Waals surface area (Å²) < 4.78 is 19.3. The fourth-order valence-electron chi connectivity index (χ4n) is 3.97. The number of ether oxygens (including phenoxy) is 3. The van der Waals surface area contributed by atoms with Crippen molar-refractivity contribution in [2.75, 3.05) is 20.3 Å². The zero-order valence-electron chi connectivity index (χ0n) is 16.0. The van der Waals surface area contributed by atoms with E-state index in [1.54, 1.807) is 18.0 Å². The number of rotatable bonds is 6. The van der Waals surface area contributed by atoms with Crippen LogP contribution in [0.25, 0.3) is 11.4 Å². The second kappa shape index (κ2) is 7.86. The first-order valence-electron chi connectivity index (χ1n) is 9.62. The van der Waals surface area contributed by atoms with Crippen molar-refractivity contribution in [1.82, 2.24) is 30.5 Å². The summed E-state index contributed by atoms with van der Waals surface area (Å²) in [6.45, 7) is 1.75. The predicted octanol–water partition coefficient (Wildman–Crippen LogP) is 1.24. The highest BCUT2D eigenvalue weighted by Gasteiger charge is 2.49. The quantitative estimate of drug-likeness (QED) is 0.667. The third-order valence-electron chi connectivity index (χ3n) is 5.43. The molecule has 1 N–H and O–H groups in total. The highest BCUT2D eigenvalue weighted by molar-refractivity contribution is 5.57. The van der Waals surface area contributed by atoms with Crippen LogP contribution in [-0.4, -0.2) is 63.8 Å². The normalized spacial score (nSPS) is 25.8. The summed E-state index contributed by atoms with van der Waals surface area (Å²) in [6.07, 6.45) is 1.64. The maximum Gasteiger partial charge on any atom is 0.182 e. The van der Waals surface area contributed by atoms with Crippen molar-refractivity contribution >= 4 is 0 Å². The number of methoxy groups -OCH3 is 1. The molecule has 9 nitrogen and oxygen atoms in total. The van der Waals surface area contributed by atoms with Gasteiger partial charge in [0.05, 0.1) is 32.1 Å². The Bertz CT molecular complexity index is 966. The molecule has 1 aromatic carbocycles. The molecule has 0 radical (unpaired) electrons. The first-order chi connectivity index (χ1) is 14.3. The van der Waals surface area contributed by atoms with Gasteiger partial charge in [-0.2, -0.15) is 0 Å². The van der Waals surface area contributed by atoms with E-state index in [2.05, 4.69) is 25.8 Å². The Morgan fingerprint density at radius 1 is 1.14 bits per heavy atom. The van der Waals surface area contributed by atoms with Gasteiger partial charge < -0.3 is 19.5 Å². The fraction of sp³-hybridized carbons (Fsp3) is 0.400. The largest absolute Gasteiger partial charge is 0.497 e. The molecule has 2 aromatic heterocycles. The van der Waals surface area contributed by atoms with Gasteiger partial charge >= 0.3 is 0 Å². The lowest BCUT2D eigenvalue weighted by Crippen LogP contribution is -2.40. The van der Waals surface area contributed by atoms with Crippen molar-refractivity contribution in [2.24, 2.45) is 0 Å². The lowest BCUT2D eigenvalue weighted by molar-refractivity contribution is 0.0621. The number of nitrogens with zero attached hydrogens (tertiary/aromatic N) is 5. The van der Waals surface area contributed by atoms with Crippen LogP contribution in [0.2, 0.25) is 0 Å². The molecule has 2 aliphatic rings. The maximum absolute atomic E-state index is 6.10. The Balaban J connectivity index is 1.31. The monoisotopic (exact) mass is 394 g/mol. The number of fused-ring (bicyclic) bond motifs is 1. The minimum Gasteiger partial charge on any atom is -0.497 e. The molecule has 9 heteroatoms. The summed E-state index contributed by atoms with van der Waals surface area (Å²) in [5.74, 6) is 1.43. The molecule has 0 bridgehead atoms. The van der Waals surface area contributed by atoms with Crippen LogP contribution in [0.3, 0.4) is 0 Å². The number of benzene rings is 1. The van der Waals surface area contributed by atoms with Crippen LogP contribution in [0.4, 0.5) is 0 Å². The highest BCUT2D eigenvalue weighted by Crippen LogP contribution is 2.36. The molecule has 0 amide bonds. The van der Waals surface area contributed by atoms with Gasteiger partial charge in [-0.05, 0) is 34.7 Å². The molecule has 3 aromatic rings. The Kier molecular flexibility index (Phi) is 4.92. The first-order valence-corrected chi connectivity index (χ1v) is 9.62. The van der Waals surface area contributed by atoms with Gasteiger partial charge in [-0.3, -0.25) is 4.98 Å². The van der Waals surface area contributed by atoms with Crippen molar-refractivity contribution in [3.63, 3.8) is 0 Å². The third kappa shape index (κ3) is 3.48. The molecular formula is C20H22N6O3. The van der Waals surface area contributed by atoms with E-state index >= 15 is 0 Å². The van der Waals surface area contributed by atoms with Crippen LogP contribution in [0, 0.1) is 0 Å². The van der Waals surface area contributed by atoms with Gasteiger partial charge in [0.25, 0.3) is 0 Å². The molecule has 0 aliphatic carbocycles. The van der Waals surface area contributed by atoms with Gasteiger partial charge in [-0.25, -0.2) is 4.68 Å². The smallest absolute Gasteiger partial charge is 0.182 e. The molecule has 29 heavy (non-hydrogen) atoms. The van der Waals surface area contributed by atoms with Crippen molar-refractivity contribution in [2.45, 2.75) is 30.8 Å². The van der Waals surface area contributed by atoms with E-state index in [0.29, 0.717) is 25.6 Å². The summed E-state index contributed by atoms with van der Waals surface area (Å²) in [4.78, 5) is 4.36. The number of hydrogen-bond donors (Lipinski definition) is 1. The number of nitrogens with one attached hydrogen (secondary N) is 1. The van der Waals surface area contributed by atoms with Gasteiger partial charge in [-0.1, -0.05) is 18.2 Å². The molecule has 0 spiro atoms. The van der Waals surface area contributed by atoms with Gasteiger partial charge in [-0.15, -0.1) is 5.10 Å². The maximum atomic E-state index is 6.10. The second-order valence-corrected chi connectivity index (χ2v) is 7.15. The standard InChI is InChI=1S/C20H22N6O3/c1-27-15-7-4-5-13(9-15)20-23-24-25-26(20)17-12-29-18-16(11-28-19(17)18)22-10-14-6-2-3-8-21-14/h2-9,16-19,22H,10-12H2,1H3/t16-,17-,18+,19+/m0/s1. The van der Waals surface area contributed by atoms with Gasteiger partial charge in [0.2, 0.25) is 0 Å². The molecule has 2 aliphatic heterocycles. The molecule has 150 valence electrons. The summed E-state index contributed by atoms with van der Waals surface area (Å²) in [7, 11) is 1.64. The van der Waals surface area contributed by atoms with Crippen LogP contribution in [0.5, 0.6) is 5.75 Å². The van der Waals surface area contributed by atoms with E-state index in [9.17, 15) is 0 Å². The zero-order chi connectivity index (χ0) is 19.6. The predicted molar refractivity (Wildman–Crippen MR) is 103 cm³/mol. The van der Waals surface area contributed by atoms with E-state index in [1.165, 1.54) is 0 Å². The summed E-state index contributed by atoms with van der Waals surface area (Å²) in [6, 6.07) is 13.6. The SMILES string of the molecule is COc1cccc(-c2nnnn2[C@H]2CO[C@H]3[C@@H]2OC[C@@H]3NCc2ccccn2)c1. The summed E-state index contributed by atoms with van der Waals surface area (Å²) in [5, 5.41) is 15.9. The third-order valence-corrected chi connectivity index (χ3v) is 5.43. The molecule has 0 unspecified atom stereocenters. The Labute approximate surface area is 168 Å².